The van der Waals surface area contributed by atoms with Crippen molar-refractivity contribution in [2.75, 3.05) is 5.32 Å². The summed E-state index contributed by atoms with van der Waals surface area (Å²) in [5.74, 6) is -2.26. The number of halogens is 2. The summed E-state index contributed by atoms with van der Waals surface area (Å²) in [5.41, 5.74) is -1.01. The molecule has 0 spiro atoms. The van der Waals surface area contributed by atoms with Crippen LogP contribution in [0.5, 0.6) is 0 Å². The number of aromatic nitrogens is 1. The number of nitrogens with one attached hydrogen (secondary N) is 1. The lowest BCUT2D eigenvalue weighted by Gasteiger charge is -2.27. The van der Waals surface area contributed by atoms with Gasteiger partial charge >= 0.3 is 5.97 Å². The summed E-state index contributed by atoms with van der Waals surface area (Å²) < 4.78 is 26.1. The Kier molecular flexibility index (Phi) is 3.65. The number of benzene rings is 1. The number of pyridine rings is 1. The maximum Gasteiger partial charge on any atom is 0.333 e. The molecule has 1 atom stereocenters. The maximum atomic E-state index is 13.2. The van der Waals surface area contributed by atoms with Crippen molar-refractivity contribution < 1.29 is 18.7 Å². The third-order valence-electron chi connectivity index (χ3n) is 2.95. The molecule has 0 aliphatic heterocycles. The molecule has 6 heteroatoms. The normalized spacial score (nSPS) is 13.6. The molecule has 0 saturated heterocycles. The van der Waals surface area contributed by atoms with E-state index in [1.165, 1.54) is 37.4 Å². The van der Waals surface area contributed by atoms with Crippen molar-refractivity contribution in [3.63, 3.8) is 0 Å². The minimum Gasteiger partial charge on any atom is -0.479 e. The molecule has 1 aromatic carbocycles. The maximum absolute atomic E-state index is 13.2. The van der Waals surface area contributed by atoms with Crippen molar-refractivity contribution in [2.45, 2.75) is 12.5 Å². The second-order valence-corrected chi connectivity index (χ2v) is 4.45. The Labute approximate surface area is 114 Å². The number of rotatable bonds is 4. The van der Waals surface area contributed by atoms with Crippen LogP contribution in [-0.2, 0) is 10.3 Å². The van der Waals surface area contributed by atoms with Gasteiger partial charge in [-0.2, -0.15) is 0 Å². The summed E-state index contributed by atoms with van der Waals surface area (Å²) in [6.45, 7) is 1.38. The highest BCUT2D eigenvalue weighted by atomic mass is 19.1. The zero-order chi connectivity index (χ0) is 14.8. The first kappa shape index (κ1) is 13.9. The minimum atomic E-state index is -1.58. The number of carbonyl (C=O) groups is 1. The standard InChI is InChI=1S/C14H12F2N2O2/c1-14(13(19)20,9-6-11(16)8-17-7-9)18-12-4-2-10(15)3-5-12/h2-8,18H,1H3,(H,19,20). The monoisotopic (exact) mass is 278 g/mol. The first-order chi connectivity index (χ1) is 9.41. The Morgan fingerprint density at radius 3 is 2.40 bits per heavy atom. The first-order valence-electron chi connectivity index (χ1n) is 5.80. The highest BCUT2D eigenvalue weighted by Gasteiger charge is 2.35. The number of carboxylic acid groups (broad SMARTS) is 1. The molecule has 0 aliphatic carbocycles. The number of aliphatic carboxylic acids is 1. The predicted molar refractivity (Wildman–Crippen MR) is 69.2 cm³/mol. The van der Waals surface area contributed by atoms with Crippen LogP contribution in [0.3, 0.4) is 0 Å². The number of hydrogen-bond donors (Lipinski definition) is 2. The van der Waals surface area contributed by atoms with Gasteiger partial charge in [0.2, 0.25) is 0 Å². The molecule has 0 radical (unpaired) electrons. The van der Waals surface area contributed by atoms with Crippen LogP contribution in [0.1, 0.15) is 12.5 Å². The van der Waals surface area contributed by atoms with Crippen LogP contribution in [0.15, 0.2) is 42.7 Å². The van der Waals surface area contributed by atoms with Crippen molar-refractivity contribution in [2.24, 2.45) is 0 Å². The quantitative estimate of drug-likeness (QED) is 0.902. The molecular weight excluding hydrogens is 266 g/mol. The fraction of sp³-hybridized carbons (Fsp3) is 0.143. The number of anilines is 1. The molecule has 1 aromatic heterocycles. The molecule has 1 heterocycles. The SMILES string of the molecule is CC(Nc1ccc(F)cc1)(C(=O)O)c1cncc(F)c1. The van der Waals surface area contributed by atoms with Gasteiger partial charge in [-0.15, -0.1) is 0 Å². The number of nitrogens with zero attached hydrogens (tertiary/aromatic N) is 1. The Balaban J connectivity index is 2.39. The lowest BCUT2D eigenvalue weighted by molar-refractivity contribution is -0.142. The smallest absolute Gasteiger partial charge is 0.333 e. The molecule has 4 nitrogen and oxygen atoms in total. The van der Waals surface area contributed by atoms with Gasteiger partial charge in [0, 0.05) is 17.4 Å². The van der Waals surface area contributed by atoms with E-state index in [-0.39, 0.29) is 5.56 Å². The molecule has 2 aromatic rings. The van der Waals surface area contributed by atoms with E-state index in [1.54, 1.807) is 0 Å². The second kappa shape index (κ2) is 5.24. The molecule has 20 heavy (non-hydrogen) atoms. The molecule has 0 saturated carbocycles. The molecule has 2 rings (SSSR count). The van der Waals surface area contributed by atoms with Gasteiger partial charge in [-0.1, -0.05) is 0 Å². The minimum absolute atomic E-state index is 0.161. The first-order valence-corrected chi connectivity index (χ1v) is 5.80. The van der Waals surface area contributed by atoms with Crippen LogP contribution >= 0.6 is 0 Å². The van der Waals surface area contributed by atoms with Gasteiger partial charge in [-0.05, 0) is 37.3 Å². The third kappa shape index (κ3) is 2.74. The Bertz CT molecular complexity index is 631. The van der Waals surface area contributed by atoms with Crippen LogP contribution in [-0.4, -0.2) is 16.1 Å². The van der Waals surface area contributed by atoms with Crippen molar-refractivity contribution in [1.82, 2.24) is 4.98 Å². The fourth-order valence-electron chi connectivity index (χ4n) is 1.76. The van der Waals surface area contributed by atoms with E-state index < -0.39 is 23.1 Å². The molecule has 2 N–H and O–H groups in total. The van der Waals surface area contributed by atoms with E-state index >= 15 is 0 Å². The summed E-state index contributed by atoms with van der Waals surface area (Å²) in [6.07, 6.45) is 2.26. The van der Waals surface area contributed by atoms with Crippen molar-refractivity contribution >= 4 is 11.7 Å². The van der Waals surface area contributed by atoms with Gasteiger partial charge in [-0.25, -0.2) is 13.6 Å². The van der Waals surface area contributed by atoms with Gasteiger partial charge in [0.05, 0.1) is 6.20 Å². The van der Waals surface area contributed by atoms with Gasteiger partial charge in [0.1, 0.15) is 11.6 Å². The predicted octanol–water partition coefficient (Wildman–Crippen LogP) is 2.77. The van der Waals surface area contributed by atoms with Gasteiger partial charge in [0.25, 0.3) is 0 Å². The van der Waals surface area contributed by atoms with Crippen molar-refractivity contribution in [3.05, 3.63) is 59.9 Å². The lowest BCUT2D eigenvalue weighted by Crippen LogP contribution is -2.40. The zero-order valence-electron chi connectivity index (χ0n) is 10.6. The molecule has 0 bridgehead atoms. The number of hydrogen-bond acceptors (Lipinski definition) is 3. The van der Waals surface area contributed by atoms with E-state index in [1.807, 2.05) is 0 Å². The Morgan fingerprint density at radius 1 is 1.20 bits per heavy atom. The average molecular weight is 278 g/mol. The zero-order valence-corrected chi connectivity index (χ0v) is 10.6. The summed E-state index contributed by atoms with van der Waals surface area (Å²) in [7, 11) is 0. The molecule has 0 fully saturated rings. The Morgan fingerprint density at radius 2 is 1.85 bits per heavy atom. The van der Waals surface area contributed by atoms with E-state index in [0.717, 1.165) is 12.3 Å². The third-order valence-corrected chi connectivity index (χ3v) is 2.95. The highest BCUT2D eigenvalue weighted by Crippen LogP contribution is 2.26. The van der Waals surface area contributed by atoms with Crippen LogP contribution in [0.4, 0.5) is 14.5 Å². The summed E-state index contributed by atoms with van der Waals surface area (Å²) in [5, 5.41) is 12.2. The Hall–Kier alpha value is -2.50. The molecule has 1 unspecified atom stereocenters. The van der Waals surface area contributed by atoms with Gasteiger partial charge < -0.3 is 10.4 Å². The van der Waals surface area contributed by atoms with Crippen LogP contribution in [0, 0.1) is 11.6 Å². The molecule has 0 amide bonds. The van der Waals surface area contributed by atoms with E-state index in [0.29, 0.717) is 5.69 Å². The topological polar surface area (TPSA) is 62.2 Å². The van der Waals surface area contributed by atoms with Crippen LogP contribution in [0.2, 0.25) is 0 Å². The lowest BCUT2D eigenvalue weighted by atomic mass is 9.93. The van der Waals surface area contributed by atoms with E-state index in [2.05, 4.69) is 10.3 Å². The van der Waals surface area contributed by atoms with Gasteiger partial charge in [-0.3, -0.25) is 4.98 Å². The fourth-order valence-corrected chi connectivity index (χ4v) is 1.76. The van der Waals surface area contributed by atoms with E-state index in [9.17, 15) is 18.7 Å². The average Bonchev–Trinajstić information content (AvgIpc) is 2.41. The van der Waals surface area contributed by atoms with Crippen molar-refractivity contribution in [1.29, 1.82) is 0 Å². The molecule has 104 valence electrons. The van der Waals surface area contributed by atoms with Crippen molar-refractivity contribution in [3.8, 4) is 0 Å². The summed E-state index contributed by atoms with van der Waals surface area (Å²) in [6, 6.07) is 6.31. The summed E-state index contributed by atoms with van der Waals surface area (Å²) >= 11 is 0. The second-order valence-electron chi connectivity index (χ2n) is 4.45. The number of carboxylic acids is 1. The van der Waals surface area contributed by atoms with Crippen LogP contribution in [0.25, 0.3) is 0 Å². The highest BCUT2D eigenvalue weighted by molar-refractivity contribution is 5.84. The molecule has 0 aliphatic rings. The molecular formula is C14H12F2N2O2. The van der Waals surface area contributed by atoms with Gasteiger partial charge in [0.15, 0.2) is 5.54 Å². The largest absolute Gasteiger partial charge is 0.479 e. The van der Waals surface area contributed by atoms with E-state index in [4.69, 9.17) is 0 Å². The summed E-state index contributed by atoms with van der Waals surface area (Å²) in [4.78, 5) is 15.2. The van der Waals surface area contributed by atoms with Crippen LogP contribution < -0.4 is 5.32 Å².